The predicted molar refractivity (Wildman–Crippen MR) is 96.9 cm³/mol. The van der Waals surface area contributed by atoms with Crippen LogP contribution in [-0.2, 0) is 30.1 Å². The number of rotatable bonds is 2. The maximum atomic E-state index is 12.9. The van der Waals surface area contributed by atoms with Crippen molar-refractivity contribution in [1.82, 2.24) is 14.2 Å². The lowest BCUT2D eigenvalue weighted by atomic mass is 10.1. The van der Waals surface area contributed by atoms with Crippen LogP contribution in [0.1, 0.15) is 19.8 Å². The van der Waals surface area contributed by atoms with Crippen LogP contribution in [0.4, 0.5) is 0 Å². The highest BCUT2D eigenvalue weighted by atomic mass is 32.2. The lowest BCUT2D eigenvalue weighted by Gasteiger charge is -2.29. The average Bonchev–Trinajstić information content (AvgIpc) is 2.58. The van der Waals surface area contributed by atoms with Crippen LogP contribution in [0.5, 0.6) is 0 Å². The maximum absolute atomic E-state index is 12.9. The number of hydrogen-bond donors (Lipinski definition) is 3. The van der Waals surface area contributed by atoms with Crippen LogP contribution < -0.4 is 14.2 Å². The zero-order chi connectivity index (χ0) is 19.6. The third-order valence-electron chi connectivity index (χ3n) is 4.48. The van der Waals surface area contributed by atoms with E-state index in [-0.39, 0.29) is 38.0 Å². The summed E-state index contributed by atoms with van der Waals surface area (Å²) in [5, 5.41) is 0.425. The molecule has 3 N–H and O–H groups in total. The minimum atomic E-state index is -4.14. The molecule has 4 aliphatic heterocycles. The van der Waals surface area contributed by atoms with Gasteiger partial charge in [-0.2, -0.15) is 9.44 Å². The fourth-order valence-electron chi connectivity index (χ4n) is 3.20. The van der Waals surface area contributed by atoms with Gasteiger partial charge < -0.3 is 0 Å². The van der Waals surface area contributed by atoms with Gasteiger partial charge in [-0.1, -0.05) is 19.4 Å². The van der Waals surface area contributed by atoms with E-state index in [1.165, 1.54) is 24.3 Å². The maximum Gasteiger partial charge on any atom is 0.242 e. The molecular weight excluding hydrogens is 414 g/mol. The van der Waals surface area contributed by atoms with E-state index in [1.54, 1.807) is 6.92 Å². The fraction of sp³-hybridized carbons (Fsp3) is 0.267. The second-order valence-electron chi connectivity index (χ2n) is 6.39. The molecule has 27 heavy (non-hydrogen) atoms. The standard InChI is InChI=1S/C15H16N3O6S3/c1-2-3-13-15-17-26(21,22)11-7-9-6-10(25(19,20)16-13)4-5-12(9)14(8-11)27(23,24)18-15/h4-8,13,16-18H,2-3H2,1H3. The van der Waals surface area contributed by atoms with Crippen LogP contribution in [0.3, 0.4) is 0 Å². The van der Waals surface area contributed by atoms with Crippen molar-refractivity contribution < 1.29 is 25.3 Å². The first-order chi connectivity index (χ1) is 12.5. The molecule has 0 aliphatic carbocycles. The van der Waals surface area contributed by atoms with E-state index >= 15 is 0 Å². The molecule has 6 bridgehead atoms. The largest absolute Gasteiger partial charge is 0.242 e. The number of sulfonamides is 3. The summed E-state index contributed by atoms with van der Waals surface area (Å²) >= 11 is 0. The number of benzene rings is 2. The second kappa shape index (κ2) is 5.96. The van der Waals surface area contributed by atoms with Gasteiger partial charge in [0.1, 0.15) is 6.17 Å². The van der Waals surface area contributed by atoms with Crippen LogP contribution in [0.2, 0.25) is 0 Å². The van der Waals surface area contributed by atoms with Crippen molar-refractivity contribution in [2.45, 2.75) is 40.5 Å². The van der Waals surface area contributed by atoms with Crippen LogP contribution >= 0.6 is 0 Å². The SMILES string of the molecule is CCCC1NS(=O)(=O)c2ccc3c4cc(cc3c2)S(=O)(=O)N[C]1NS4(=O)=O. The Morgan fingerprint density at radius 1 is 0.852 bits per heavy atom. The predicted octanol–water partition coefficient (Wildman–Crippen LogP) is 0.360. The summed E-state index contributed by atoms with van der Waals surface area (Å²) in [6.45, 7) is 1.77. The molecule has 0 amide bonds. The van der Waals surface area contributed by atoms with Gasteiger partial charge in [-0.15, -0.1) is 0 Å². The lowest BCUT2D eigenvalue weighted by molar-refractivity contribution is 0.480. The Hall–Kier alpha value is -1.57. The Balaban J connectivity index is 2.18. The molecule has 145 valence electrons. The molecule has 0 spiro atoms. The zero-order valence-electron chi connectivity index (χ0n) is 14.1. The van der Waals surface area contributed by atoms with E-state index in [2.05, 4.69) is 14.2 Å². The number of hydrogen-bond acceptors (Lipinski definition) is 6. The molecule has 12 heteroatoms. The Morgan fingerprint density at radius 2 is 1.52 bits per heavy atom. The molecule has 6 rings (SSSR count). The minimum absolute atomic E-state index is 0.0721. The summed E-state index contributed by atoms with van der Waals surface area (Å²) in [7, 11) is -12.3. The second-order valence-corrected chi connectivity index (χ2v) is 11.4. The number of nitrogens with one attached hydrogen (secondary N) is 3. The average molecular weight is 431 g/mol. The van der Waals surface area contributed by atoms with Crippen LogP contribution in [0.15, 0.2) is 45.0 Å². The first-order valence-corrected chi connectivity index (χ1v) is 12.5. The molecule has 1 atom stereocenters. The molecule has 4 aliphatic rings. The van der Waals surface area contributed by atoms with E-state index in [9.17, 15) is 25.3 Å². The highest BCUT2D eigenvalue weighted by Gasteiger charge is 2.38. The van der Waals surface area contributed by atoms with Crippen molar-refractivity contribution >= 4 is 40.8 Å². The van der Waals surface area contributed by atoms with Gasteiger partial charge in [-0.3, -0.25) is 0 Å². The van der Waals surface area contributed by atoms with Crippen molar-refractivity contribution in [3.8, 4) is 0 Å². The molecule has 0 fully saturated rings. The normalized spacial score (nSPS) is 25.6. The highest BCUT2D eigenvalue weighted by molar-refractivity contribution is 7.91. The Morgan fingerprint density at radius 3 is 2.22 bits per heavy atom. The van der Waals surface area contributed by atoms with Gasteiger partial charge in [0.25, 0.3) is 0 Å². The van der Waals surface area contributed by atoms with Crippen molar-refractivity contribution in [3.05, 3.63) is 36.5 Å². The quantitative estimate of drug-likeness (QED) is 0.629. The summed E-state index contributed by atoms with van der Waals surface area (Å²) in [5.41, 5.74) is 0. The molecule has 0 saturated carbocycles. The van der Waals surface area contributed by atoms with Crippen LogP contribution in [0, 0.1) is 6.17 Å². The van der Waals surface area contributed by atoms with Gasteiger partial charge >= 0.3 is 0 Å². The molecule has 1 radical (unpaired) electrons. The summed E-state index contributed by atoms with van der Waals surface area (Å²) in [6.07, 6.45) is 0.319. The molecule has 0 aromatic heterocycles. The van der Waals surface area contributed by atoms with Crippen molar-refractivity contribution in [2.24, 2.45) is 0 Å². The van der Waals surface area contributed by atoms with Crippen molar-refractivity contribution in [1.29, 1.82) is 0 Å². The summed E-state index contributed by atoms with van der Waals surface area (Å²) in [5.74, 6) is 0. The van der Waals surface area contributed by atoms with E-state index in [0.717, 1.165) is 6.07 Å². The first-order valence-electron chi connectivity index (χ1n) is 8.06. The van der Waals surface area contributed by atoms with E-state index in [0.29, 0.717) is 6.42 Å². The molecule has 0 saturated heterocycles. The monoisotopic (exact) mass is 430 g/mol. The molecule has 2 aromatic rings. The Kier molecular flexibility index (Phi) is 4.15. The van der Waals surface area contributed by atoms with Gasteiger partial charge in [0.15, 0.2) is 0 Å². The van der Waals surface area contributed by atoms with Crippen LogP contribution in [0.25, 0.3) is 10.8 Å². The fourth-order valence-corrected chi connectivity index (χ4v) is 7.12. The summed E-state index contributed by atoms with van der Waals surface area (Å²) in [4.78, 5) is -0.546. The third kappa shape index (κ3) is 3.05. The van der Waals surface area contributed by atoms with Gasteiger partial charge in [0, 0.05) is 5.39 Å². The molecular formula is C15H16N3O6S3. The van der Waals surface area contributed by atoms with Gasteiger partial charge in [0.05, 0.1) is 20.7 Å². The van der Waals surface area contributed by atoms with E-state index < -0.39 is 36.1 Å². The van der Waals surface area contributed by atoms with Crippen molar-refractivity contribution in [2.75, 3.05) is 0 Å². The molecule has 2 aromatic carbocycles. The lowest BCUT2D eigenvalue weighted by Crippen LogP contribution is -2.54. The van der Waals surface area contributed by atoms with E-state index in [4.69, 9.17) is 0 Å². The van der Waals surface area contributed by atoms with Gasteiger partial charge in [-0.25, -0.2) is 30.0 Å². The molecule has 4 heterocycles. The smallest absolute Gasteiger partial charge is 0.207 e. The minimum Gasteiger partial charge on any atom is -0.207 e. The third-order valence-corrected chi connectivity index (χ3v) is 8.70. The van der Waals surface area contributed by atoms with E-state index in [1.807, 2.05) is 0 Å². The zero-order valence-corrected chi connectivity index (χ0v) is 16.5. The topological polar surface area (TPSA) is 139 Å². The molecule has 9 nitrogen and oxygen atoms in total. The molecule has 1 unspecified atom stereocenters. The highest BCUT2D eigenvalue weighted by Crippen LogP contribution is 2.33. The van der Waals surface area contributed by atoms with Gasteiger partial charge in [-0.05, 0) is 36.1 Å². The van der Waals surface area contributed by atoms with Crippen molar-refractivity contribution in [3.63, 3.8) is 0 Å². The first kappa shape index (κ1) is 18.8. The number of fused-ring (bicyclic) bond motifs is 2. The van der Waals surface area contributed by atoms with Crippen LogP contribution in [-0.4, -0.2) is 31.3 Å². The van der Waals surface area contributed by atoms with Gasteiger partial charge in [0.2, 0.25) is 30.1 Å². The Labute approximate surface area is 157 Å². The Bertz CT molecular complexity index is 1270. The summed E-state index contributed by atoms with van der Waals surface area (Å²) in [6, 6.07) is 5.18. The summed E-state index contributed by atoms with van der Waals surface area (Å²) < 4.78 is 83.7.